The standard InChI is InChI=1S/C20H23F2N5O4S2/c1-4-26(5-2)33(29,30)14-10-11-17-24-25-20(27(17)12-14)32-13(3)18(28)23-15-8-6-7-9-16(15)31-19(21)22/h6-13,19H,4-5H2,1-3H3,(H,23,28). The molecule has 0 aliphatic carbocycles. The summed E-state index contributed by atoms with van der Waals surface area (Å²) in [4.78, 5) is 12.8. The first kappa shape index (κ1) is 24.9. The molecule has 1 N–H and O–H groups in total. The largest absolute Gasteiger partial charge is 0.433 e. The third-order valence-corrected chi connectivity index (χ3v) is 7.79. The number of hydrogen-bond donors (Lipinski definition) is 1. The topological polar surface area (TPSA) is 106 Å². The maximum absolute atomic E-state index is 12.8. The van der Waals surface area contributed by atoms with Gasteiger partial charge in [-0.2, -0.15) is 13.1 Å². The third-order valence-electron chi connectivity index (χ3n) is 4.70. The summed E-state index contributed by atoms with van der Waals surface area (Å²) in [7, 11) is -3.69. The van der Waals surface area contributed by atoms with Gasteiger partial charge in [0.1, 0.15) is 5.75 Å². The van der Waals surface area contributed by atoms with Crippen LogP contribution in [0.1, 0.15) is 20.8 Å². The fourth-order valence-corrected chi connectivity index (χ4v) is 5.30. The summed E-state index contributed by atoms with van der Waals surface area (Å²) in [5.41, 5.74) is 0.522. The van der Waals surface area contributed by atoms with E-state index in [1.807, 2.05) is 0 Å². The van der Waals surface area contributed by atoms with Gasteiger partial charge in [-0.1, -0.05) is 37.7 Å². The lowest BCUT2D eigenvalue weighted by Crippen LogP contribution is -2.30. The smallest absolute Gasteiger partial charge is 0.387 e. The van der Waals surface area contributed by atoms with Gasteiger partial charge in [0.2, 0.25) is 15.9 Å². The van der Waals surface area contributed by atoms with Crippen molar-refractivity contribution < 1.29 is 26.7 Å². The lowest BCUT2D eigenvalue weighted by atomic mass is 10.3. The summed E-state index contributed by atoms with van der Waals surface area (Å²) >= 11 is 1.05. The van der Waals surface area contributed by atoms with Crippen molar-refractivity contribution in [1.29, 1.82) is 0 Å². The minimum absolute atomic E-state index is 0.0792. The molecule has 0 spiro atoms. The number of para-hydroxylation sites is 2. The highest BCUT2D eigenvalue weighted by atomic mass is 32.2. The number of nitrogens with one attached hydrogen (secondary N) is 1. The van der Waals surface area contributed by atoms with Gasteiger partial charge in [0.15, 0.2) is 10.8 Å². The lowest BCUT2D eigenvalue weighted by molar-refractivity contribution is -0.115. The molecule has 3 aromatic rings. The Hall–Kier alpha value is -2.77. The average molecular weight is 500 g/mol. The molecule has 0 saturated carbocycles. The van der Waals surface area contributed by atoms with Crippen molar-refractivity contribution in [2.75, 3.05) is 18.4 Å². The molecule has 2 heterocycles. The summed E-state index contributed by atoms with van der Waals surface area (Å²) in [5, 5.41) is 10.2. The van der Waals surface area contributed by atoms with Crippen molar-refractivity contribution in [3.63, 3.8) is 0 Å². The first-order valence-electron chi connectivity index (χ1n) is 10.0. The number of sulfonamides is 1. The SMILES string of the molecule is CCN(CC)S(=O)(=O)c1ccc2nnc(SC(C)C(=O)Nc3ccccc3OC(F)F)n2c1. The van der Waals surface area contributed by atoms with Crippen molar-refractivity contribution in [2.45, 2.75) is 42.7 Å². The number of thioether (sulfide) groups is 1. The summed E-state index contributed by atoms with van der Waals surface area (Å²) < 4.78 is 58.2. The molecule has 9 nitrogen and oxygen atoms in total. The van der Waals surface area contributed by atoms with Crippen LogP contribution < -0.4 is 10.1 Å². The second-order valence-corrected chi connectivity index (χ2v) is 10.0. The Morgan fingerprint density at radius 1 is 1.18 bits per heavy atom. The van der Waals surface area contributed by atoms with Gasteiger partial charge >= 0.3 is 6.61 Å². The van der Waals surface area contributed by atoms with E-state index < -0.39 is 27.8 Å². The van der Waals surface area contributed by atoms with Crippen LogP contribution in [0.5, 0.6) is 5.75 Å². The number of aromatic nitrogens is 3. The van der Waals surface area contributed by atoms with E-state index in [0.717, 1.165) is 11.8 Å². The van der Waals surface area contributed by atoms with Crippen LogP contribution in [-0.2, 0) is 14.8 Å². The number of amides is 1. The zero-order valence-corrected chi connectivity index (χ0v) is 19.7. The number of carbonyl (C=O) groups is 1. The number of nitrogens with zero attached hydrogens (tertiary/aromatic N) is 4. The van der Waals surface area contributed by atoms with Gasteiger partial charge in [-0.3, -0.25) is 9.20 Å². The number of ether oxygens (including phenoxy) is 1. The second kappa shape index (κ2) is 10.4. The predicted molar refractivity (Wildman–Crippen MR) is 120 cm³/mol. The van der Waals surface area contributed by atoms with Crippen molar-refractivity contribution >= 4 is 39.0 Å². The number of anilines is 1. The number of pyridine rings is 1. The molecule has 0 bridgehead atoms. The zero-order chi connectivity index (χ0) is 24.2. The Morgan fingerprint density at radius 3 is 2.55 bits per heavy atom. The Kier molecular flexibility index (Phi) is 7.87. The van der Waals surface area contributed by atoms with Crippen molar-refractivity contribution in [1.82, 2.24) is 18.9 Å². The highest BCUT2D eigenvalue weighted by molar-refractivity contribution is 8.00. The van der Waals surface area contributed by atoms with Gasteiger partial charge in [-0.15, -0.1) is 10.2 Å². The van der Waals surface area contributed by atoms with Crippen LogP contribution in [0.15, 0.2) is 52.6 Å². The summed E-state index contributed by atoms with van der Waals surface area (Å²) in [6.07, 6.45) is 1.42. The van der Waals surface area contributed by atoms with E-state index in [2.05, 4.69) is 20.3 Å². The molecule has 0 aliphatic heterocycles. The fourth-order valence-electron chi connectivity index (χ4n) is 3.01. The maximum Gasteiger partial charge on any atom is 0.387 e. The van der Waals surface area contributed by atoms with Crippen LogP contribution >= 0.6 is 11.8 Å². The summed E-state index contributed by atoms with van der Waals surface area (Å²) in [6, 6.07) is 8.86. The van der Waals surface area contributed by atoms with E-state index in [4.69, 9.17) is 0 Å². The maximum atomic E-state index is 12.8. The lowest BCUT2D eigenvalue weighted by Gasteiger charge is -2.18. The molecule has 1 amide bonds. The molecule has 178 valence electrons. The van der Waals surface area contributed by atoms with Crippen LogP contribution in [0, 0.1) is 0 Å². The number of alkyl halides is 2. The Labute approximate surface area is 194 Å². The first-order chi connectivity index (χ1) is 15.7. The number of carbonyl (C=O) groups excluding carboxylic acids is 1. The summed E-state index contributed by atoms with van der Waals surface area (Å²) in [6.45, 7) is 2.74. The molecule has 1 atom stereocenters. The molecule has 1 aromatic carbocycles. The van der Waals surface area contributed by atoms with E-state index in [9.17, 15) is 22.0 Å². The third kappa shape index (κ3) is 5.60. The molecule has 1 unspecified atom stereocenters. The molecule has 0 saturated heterocycles. The number of benzene rings is 1. The molecular weight excluding hydrogens is 476 g/mol. The second-order valence-electron chi connectivity index (χ2n) is 6.79. The van der Waals surface area contributed by atoms with E-state index in [1.165, 1.54) is 45.2 Å². The number of halogens is 2. The normalized spacial score (nSPS) is 12.9. The van der Waals surface area contributed by atoms with Crippen molar-refractivity contribution in [2.24, 2.45) is 0 Å². The molecule has 0 fully saturated rings. The van der Waals surface area contributed by atoms with Crippen LogP contribution in [-0.4, -0.2) is 58.2 Å². The van der Waals surface area contributed by atoms with Gasteiger partial charge in [0, 0.05) is 19.3 Å². The molecule has 2 aromatic heterocycles. The quantitative estimate of drug-likeness (QED) is 0.426. The molecule has 3 rings (SSSR count). The Bertz CT molecular complexity index is 1230. The molecule has 0 radical (unpaired) electrons. The molecule has 0 aliphatic rings. The van der Waals surface area contributed by atoms with Gasteiger partial charge < -0.3 is 10.1 Å². The number of rotatable bonds is 10. The van der Waals surface area contributed by atoms with E-state index in [0.29, 0.717) is 23.9 Å². The minimum Gasteiger partial charge on any atom is -0.433 e. The van der Waals surface area contributed by atoms with Gasteiger partial charge in [0.25, 0.3) is 0 Å². The number of hydrogen-bond acceptors (Lipinski definition) is 7. The van der Waals surface area contributed by atoms with Crippen LogP contribution in [0.25, 0.3) is 5.65 Å². The predicted octanol–water partition coefficient (Wildman–Crippen LogP) is 3.48. The van der Waals surface area contributed by atoms with Crippen LogP contribution in [0.3, 0.4) is 0 Å². The molecule has 33 heavy (non-hydrogen) atoms. The Morgan fingerprint density at radius 2 is 1.88 bits per heavy atom. The fraction of sp³-hybridized carbons (Fsp3) is 0.350. The molecule has 13 heteroatoms. The van der Waals surface area contributed by atoms with Crippen molar-refractivity contribution in [3.05, 3.63) is 42.6 Å². The van der Waals surface area contributed by atoms with Crippen LogP contribution in [0.2, 0.25) is 0 Å². The molecular formula is C20H23F2N5O4S2. The van der Waals surface area contributed by atoms with E-state index in [1.54, 1.807) is 26.8 Å². The highest BCUT2D eigenvalue weighted by Gasteiger charge is 2.24. The highest BCUT2D eigenvalue weighted by Crippen LogP contribution is 2.28. The Balaban J connectivity index is 1.81. The van der Waals surface area contributed by atoms with Crippen LogP contribution in [0.4, 0.5) is 14.5 Å². The van der Waals surface area contributed by atoms with Gasteiger partial charge in [-0.25, -0.2) is 8.42 Å². The number of fused-ring (bicyclic) bond motifs is 1. The van der Waals surface area contributed by atoms with E-state index >= 15 is 0 Å². The first-order valence-corrected chi connectivity index (χ1v) is 12.4. The van der Waals surface area contributed by atoms with Gasteiger partial charge in [0.05, 0.1) is 15.8 Å². The average Bonchev–Trinajstić information content (AvgIpc) is 3.17. The summed E-state index contributed by atoms with van der Waals surface area (Å²) in [5.74, 6) is -0.633. The van der Waals surface area contributed by atoms with Gasteiger partial charge in [-0.05, 0) is 31.2 Å². The monoisotopic (exact) mass is 499 g/mol. The minimum atomic E-state index is -3.69. The zero-order valence-electron chi connectivity index (χ0n) is 18.1. The van der Waals surface area contributed by atoms with E-state index in [-0.39, 0.29) is 16.3 Å². The van der Waals surface area contributed by atoms with Crippen molar-refractivity contribution in [3.8, 4) is 5.75 Å².